The predicted octanol–water partition coefficient (Wildman–Crippen LogP) is 1.03. The van der Waals surface area contributed by atoms with Crippen molar-refractivity contribution in [2.75, 3.05) is 66.0 Å². The van der Waals surface area contributed by atoms with E-state index in [0.29, 0.717) is 58.0 Å². The Morgan fingerprint density at radius 3 is 1.66 bits per heavy atom. The molecule has 2 aromatic rings. The van der Waals surface area contributed by atoms with E-state index in [1.54, 1.807) is 51.6 Å². The number of nitrogens with one attached hydrogen (secondary N) is 5. The van der Waals surface area contributed by atoms with Crippen LogP contribution in [0.15, 0.2) is 60.7 Å². The molecule has 70 heavy (non-hydrogen) atoms. The first-order valence-corrected chi connectivity index (χ1v) is 27.8. The smallest absolute Gasteiger partial charge is 0.249 e. The molecule has 0 aromatic heterocycles. The average molecular weight is 1010 g/mol. The first-order chi connectivity index (χ1) is 33.2. The lowest BCUT2D eigenvalue weighted by atomic mass is 10.1. The van der Waals surface area contributed by atoms with Crippen LogP contribution < -0.4 is 26.6 Å². The zero-order valence-corrected chi connectivity index (χ0v) is 43.5. The molecule has 2 aromatic carbocycles. The Morgan fingerprint density at radius 2 is 1.17 bits per heavy atom. The van der Waals surface area contributed by atoms with E-state index in [4.69, 9.17) is 9.47 Å². The lowest BCUT2D eigenvalue weighted by molar-refractivity contribution is -0.142. The zero-order valence-electron chi connectivity index (χ0n) is 41.9. The Balaban J connectivity index is 1.38. The Kier molecular flexibility index (Phi) is 23.3. The van der Waals surface area contributed by atoms with Crippen LogP contribution in [0.25, 0.3) is 0 Å². The van der Waals surface area contributed by atoms with E-state index < -0.39 is 91.5 Å². The van der Waals surface area contributed by atoms with E-state index in [9.17, 15) is 36.0 Å². The van der Waals surface area contributed by atoms with Crippen LogP contribution in [0, 0.1) is 23.7 Å². The maximum Gasteiger partial charge on any atom is 0.249 e. The zero-order chi connectivity index (χ0) is 51.4. The number of amides is 4. The van der Waals surface area contributed by atoms with Gasteiger partial charge in [-0.1, -0.05) is 72.5 Å². The van der Waals surface area contributed by atoms with Crippen molar-refractivity contribution in [2.24, 2.45) is 0 Å². The Bertz CT molecular complexity index is 2210. The van der Waals surface area contributed by atoms with Gasteiger partial charge >= 0.3 is 0 Å². The number of carbonyl (C=O) groups excluding carboxylic acids is 4. The van der Waals surface area contributed by atoms with Crippen LogP contribution in [-0.4, -0.2) is 175 Å². The largest absolute Gasteiger partial charge is 0.363 e. The minimum absolute atomic E-state index is 0.119. The van der Waals surface area contributed by atoms with Gasteiger partial charge in [0.15, 0.2) is 9.84 Å². The number of aryl methyl sites for hydroxylation is 1. The summed E-state index contributed by atoms with van der Waals surface area (Å²) in [5.74, 6) is 9.37. The van der Waals surface area contributed by atoms with Crippen molar-refractivity contribution < 1.29 is 45.5 Å². The Morgan fingerprint density at radius 1 is 0.700 bits per heavy atom. The molecule has 9 atom stereocenters. The molecule has 18 nitrogen and oxygen atoms in total. The third-order valence-electron chi connectivity index (χ3n) is 12.8. The number of sulfone groups is 1. The summed E-state index contributed by atoms with van der Waals surface area (Å²) in [6.07, 6.45) is 3.89. The number of rotatable bonds is 26. The highest BCUT2D eigenvalue weighted by atomic mass is 32.2. The van der Waals surface area contributed by atoms with E-state index in [1.165, 1.54) is 16.8 Å². The summed E-state index contributed by atoms with van der Waals surface area (Å²) in [6.45, 7) is 7.49. The number of hydrogen-bond acceptors (Lipinski definition) is 13. The number of ether oxygens (including phenoxy) is 2. The van der Waals surface area contributed by atoms with E-state index in [0.717, 1.165) is 11.1 Å². The summed E-state index contributed by atoms with van der Waals surface area (Å²) in [6, 6.07) is 15.3. The summed E-state index contributed by atoms with van der Waals surface area (Å²) >= 11 is 0. The Hall–Kier alpha value is -4.90. The van der Waals surface area contributed by atoms with Crippen molar-refractivity contribution in [2.45, 2.75) is 127 Å². The van der Waals surface area contributed by atoms with Crippen molar-refractivity contribution >= 4 is 43.5 Å². The van der Waals surface area contributed by atoms with Crippen molar-refractivity contribution in [1.82, 2.24) is 40.7 Å². The summed E-state index contributed by atoms with van der Waals surface area (Å²) < 4.78 is 65.0. The number of benzene rings is 2. The van der Waals surface area contributed by atoms with Gasteiger partial charge in [0.1, 0.15) is 30.7 Å². The first-order valence-electron chi connectivity index (χ1n) is 24.0. The SMILES string of the molecule is CN[C@@H](C)C(=O)N[C@H](C(=O)N1CCC[C@H]1CN(CCc1ccccc1)S(C)(=O)=O)[C@@H](C)OCC#CC#CCO[C@H](C)[C@H](NC(=O)[C@H](C)NC)C(=O)N1CCC[C@H]1NC(CCc1ccccc1)S(C)(=O)=O. The van der Waals surface area contributed by atoms with Crippen LogP contribution >= 0.6 is 0 Å². The summed E-state index contributed by atoms with van der Waals surface area (Å²) in [5, 5.41) is 13.7. The maximum atomic E-state index is 14.2. The molecule has 0 radical (unpaired) electrons. The van der Waals surface area contributed by atoms with Gasteiger partial charge < -0.3 is 40.5 Å². The summed E-state index contributed by atoms with van der Waals surface area (Å²) in [4.78, 5) is 57.9. The molecule has 4 amide bonds. The molecule has 2 aliphatic heterocycles. The quantitative estimate of drug-likeness (QED) is 0.0832. The third kappa shape index (κ3) is 18.1. The van der Waals surface area contributed by atoms with Crippen LogP contribution in [0.3, 0.4) is 0 Å². The first kappa shape index (κ1) is 57.7. The fourth-order valence-corrected chi connectivity index (χ4v) is 10.1. The highest BCUT2D eigenvalue weighted by molar-refractivity contribution is 7.91. The molecule has 0 aliphatic carbocycles. The second-order valence-electron chi connectivity index (χ2n) is 18.0. The topological polar surface area (TPSA) is 225 Å². The van der Waals surface area contributed by atoms with Crippen LogP contribution in [0.2, 0.25) is 0 Å². The minimum Gasteiger partial charge on any atom is -0.363 e. The van der Waals surface area contributed by atoms with Crippen LogP contribution in [0.1, 0.15) is 70.9 Å². The highest BCUT2D eigenvalue weighted by Gasteiger charge is 2.41. The molecule has 1 unspecified atom stereocenters. The number of likely N-dealkylation sites (N-methyl/N-ethyl adjacent to an activating group) is 2. The number of nitrogens with zero attached hydrogens (tertiary/aromatic N) is 3. The third-order valence-corrected chi connectivity index (χ3v) is 15.5. The van der Waals surface area contributed by atoms with E-state index in [2.05, 4.69) is 50.3 Å². The van der Waals surface area contributed by atoms with E-state index in [1.807, 2.05) is 60.7 Å². The molecule has 4 rings (SSSR count). The highest BCUT2D eigenvalue weighted by Crippen LogP contribution is 2.23. The molecule has 20 heteroatoms. The summed E-state index contributed by atoms with van der Waals surface area (Å²) in [7, 11) is -3.88. The molecule has 386 valence electrons. The molecule has 2 saturated heterocycles. The molecule has 2 fully saturated rings. The second-order valence-corrected chi connectivity index (χ2v) is 22.2. The van der Waals surface area contributed by atoms with Gasteiger partial charge in [-0.3, -0.25) is 24.5 Å². The van der Waals surface area contributed by atoms with Gasteiger partial charge in [0.25, 0.3) is 0 Å². The van der Waals surface area contributed by atoms with Gasteiger partial charge in [0.2, 0.25) is 33.7 Å². The average Bonchev–Trinajstić information content (AvgIpc) is 4.02. The molecule has 0 saturated carbocycles. The summed E-state index contributed by atoms with van der Waals surface area (Å²) in [5.41, 5.74) is 2.00. The lowest BCUT2D eigenvalue weighted by Crippen LogP contribution is -2.60. The van der Waals surface area contributed by atoms with Crippen LogP contribution in [-0.2, 0) is 61.4 Å². The van der Waals surface area contributed by atoms with Gasteiger partial charge in [-0.05, 0) is 110 Å². The normalized spacial score (nSPS) is 19.1. The molecule has 2 heterocycles. The monoisotopic (exact) mass is 1010 g/mol. The Labute approximate surface area is 416 Å². The van der Waals surface area contributed by atoms with Crippen LogP contribution in [0.4, 0.5) is 0 Å². The number of likely N-dealkylation sites (tertiary alicyclic amines) is 2. The predicted molar refractivity (Wildman–Crippen MR) is 270 cm³/mol. The number of hydrogen-bond donors (Lipinski definition) is 5. The van der Waals surface area contributed by atoms with Gasteiger partial charge in [0, 0.05) is 38.5 Å². The fraction of sp³-hybridized carbons (Fsp3) is 0.600. The lowest BCUT2D eigenvalue weighted by Gasteiger charge is -2.34. The van der Waals surface area contributed by atoms with Gasteiger partial charge in [0.05, 0.1) is 36.7 Å². The standard InChI is InChI=1S/C50H74N8O10S2/c1-36(51-5)47(59)54-45(49(61)57-30-19-25-42(57)35-56(70(8,65)66)32-29-41-23-15-12-16-24-41)38(3)67-33-17-9-10-18-34-68-39(4)46(55-48(60)37(2)52-6)50(62)58-31-20-26-43(58)53-44(69(7,63)64)28-27-40-21-13-11-14-22-40/h11-16,21-24,36-39,42-46,51-53H,19-20,25-35H2,1-8H3,(H,54,59)(H,55,60)/t36-,37-,38+,39+,42-,43-,44?,45-,46-/m0/s1. The van der Waals surface area contributed by atoms with Crippen molar-refractivity contribution in [3.8, 4) is 23.7 Å². The van der Waals surface area contributed by atoms with Gasteiger partial charge in [-0.2, -0.15) is 4.31 Å². The molecule has 0 bridgehead atoms. The molecule has 0 spiro atoms. The van der Waals surface area contributed by atoms with Gasteiger partial charge in [-0.25, -0.2) is 16.8 Å². The fourth-order valence-electron chi connectivity index (χ4n) is 8.26. The van der Waals surface area contributed by atoms with Crippen LogP contribution in [0.5, 0.6) is 0 Å². The molecule has 5 N–H and O–H groups in total. The van der Waals surface area contributed by atoms with Gasteiger partial charge in [-0.15, -0.1) is 0 Å². The number of sulfonamides is 1. The van der Waals surface area contributed by atoms with E-state index >= 15 is 0 Å². The van der Waals surface area contributed by atoms with Crippen molar-refractivity contribution in [1.29, 1.82) is 0 Å². The molecule has 2 aliphatic rings. The van der Waals surface area contributed by atoms with E-state index in [-0.39, 0.29) is 32.2 Å². The maximum absolute atomic E-state index is 14.2. The van der Waals surface area contributed by atoms with Crippen molar-refractivity contribution in [3.63, 3.8) is 0 Å². The molecular formula is C50H74N8O10S2. The minimum atomic E-state index is -3.60. The second kappa shape index (κ2) is 28.2. The molecular weight excluding hydrogens is 937 g/mol. The number of carbonyl (C=O) groups is 4. The van der Waals surface area contributed by atoms with Crippen molar-refractivity contribution in [3.05, 3.63) is 71.8 Å².